The Morgan fingerprint density at radius 3 is 2.42 bits per heavy atom. The van der Waals surface area contributed by atoms with Crippen LogP contribution in [0.25, 0.3) is 0 Å². The third-order valence-corrected chi connectivity index (χ3v) is 5.54. The summed E-state index contributed by atoms with van der Waals surface area (Å²) < 4.78 is 5.32. The van der Waals surface area contributed by atoms with Gasteiger partial charge in [-0.25, -0.2) is 4.79 Å². The van der Waals surface area contributed by atoms with Crippen LogP contribution in [-0.4, -0.2) is 92.5 Å². The summed E-state index contributed by atoms with van der Waals surface area (Å²) >= 11 is 0. The van der Waals surface area contributed by atoms with Crippen LogP contribution in [0.5, 0.6) is 0 Å². The summed E-state index contributed by atoms with van der Waals surface area (Å²) in [4.78, 5) is 43.0. The monoisotopic (exact) mass is 432 g/mol. The van der Waals surface area contributed by atoms with Crippen molar-refractivity contribution in [1.29, 1.82) is 0 Å². The predicted molar refractivity (Wildman–Crippen MR) is 121 cm³/mol. The van der Waals surface area contributed by atoms with Crippen LogP contribution < -0.4 is 5.32 Å². The van der Waals surface area contributed by atoms with E-state index in [9.17, 15) is 14.4 Å². The number of benzene rings is 1. The van der Waals surface area contributed by atoms with Gasteiger partial charge in [-0.2, -0.15) is 0 Å². The van der Waals surface area contributed by atoms with E-state index in [1.807, 2.05) is 14.1 Å². The molecule has 1 saturated heterocycles. The first-order chi connectivity index (χ1) is 14.8. The van der Waals surface area contributed by atoms with Gasteiger partial charge >= 0.3 is 5.97 Å². The molecule has 1 unspecified atom stereocenters. The lowest BCUT2D eigenvalue weighted by Gasteiger charge is -2.18. The molecule has 2 rings (SSSR count). The number of hydrogen-bond acceptors (Lipinski definition) is 6. The normalized spacial score (nSPS) is 16.3. The number of likely N-dealkylation sites (tertiary alicyclic amines) is 1. The molecule has 0 saturated carbocycles. The third kappa shape index (κ3) is 7.95. The van der Waals surface area contributed by atoms with Crippen molar-refractivity contribution in [3.8, 4) is 0 Å². The summed E-state index contributed by atoms with van der Waals surface area (Å²) in [6, 6.07) is 6.65. The Hall–Kier alpha value is -2.45. The minimum atomic E-state index is -0.375. The number of carbonyl (C=O) groups is 3. The van der Waals surface area contributed by atoms with Gasteiger partial charge in [0, 0.05) is 31.7 Å². The summed E-state index contributed by atoms with van der Waals surface area (Å²) in [6.07, 6.45) is 1.13. The Kier molecular flexibility index (Phi) is 9.94. The summed E-state index contributed by atoms with van der Waals surface area (Å²) in [7, 11) is 4.00. The van der Waals surface area contributed by atoms with Crippen molar-refractivity contribution in [2.75, 3.05) is 65.3 Å². The zero-order valence-corrected chi connectivity index (χ0v) is 19.2. The first kappa shape index (κ1) is 24.8. The lowest BCUT2D eigenvalue weighted by Crippen LogP contribution is -2.30. The minimum absolute atomic E-state index is 0.0294. The molecule has 1 aromatic rings. The van der Waals surface area contributed by atoms with Crippen molar-refractivity contribution in [3.05, 3.63) is 29.8 Å². The Bertz CT molecular complexity index is 732. The second kappa shape index (κ2) is 12.4. The largest absolute Gasteiger partial charge is 0.461 e. The van der Waals surface area contributed by atoms with Crippen LogP contribution in [0.3, 0.4) is 0 Å². The number of ether oxygens (including phenoxy) is 1. The lowest BCUT2D eigenvalue weighted by molar-refractivity contribution is -0.128. The molecule has 1 aliphatic rings. The smallest absolute Gasteiger partial charge is 0.338 e. The number of carbonyl (C=O) groups excluding carboxylic acids is 3. The average Bonchev–Trinajstić information content (AvgIpc) is 3.12. The van der Waals surface area contributed by atoms with Crippen LogP contribution in [0.1, 0.15) is 37.0 Å². The Morgan fingerprint density at radius 1 is 1.13 bits per heavy atom. The van der Waals surface area contributed by atoms with Crippen molar-refractivity contribution in [2.24, 2.45) is 5.92 Å². The van der Waals surface area contributed by atoms with E-state index < -0.39 is 0 Å². The highest BCUT2D eigenvalue weighted by Crippen LogP contribution is 2.20. The van der Waals surface area contributed by atoms with Crippen LogP contribution in [0.15, 0.2) is 24.3 Å². The van der Waals surface area contributed by atoms with Gasteiger partial charge < -0.3 is 24.8 Å². The summed E-state index contributed by atoms with van der Waals surface area (Å²) in [5, 5.41) is 2.85. The topological polar surface area (TPSA) is 82.2 Å². The Morgan fingerprint density at radius 2 is 1.81 bits per heavy atom. The molecule has 1 N–H and O–H groups in total. The van der Waals surface area contributed by atoms with Gasteiger partial charge in [-0.1, -0.05) is 13.8 Å². The Balaban J connectivity index is 1.79. The summed E-state index contributed by atoms with van der Waals surface area (Å²) in [5.41, 5.74) is 1.05. The highest BCUT2D eigenvalue weighted by molar-refractivity contribution is 5.97. The SMILES string of the molecule is CCN(CC)CCOC(=O)c1ccc(NC(=O)C2CC(=O)N(CCCN(C)C)C2)cc1. The van der Waals surface area contributed by atoms with Crippen molar-refractivity contribution in [3.63, 3.8) is 0 Å². The van der Waals surface area contributed by atoms with E-state index in [2.05, 4.69) is 29.0 Å². The van der Waals surface area contributed by atoms with Crippen molar-refractivity contribution in [1.82, 2.24) is 14.7 Å². The van der Waals surface area contributed by atoms with Crippen molar-refractivity contribution in [2.45, 2.75) is 26.7 Å². The number of hydrogen-bond donors (Lipinski definition) is 1. The van der Waals surface area contributed by atoms with Crippen molar-refractivity contribution >= 4 is 23.5 Å². The van der Waals surface area contributed by atoms with Gasteiger partial charge in [0.25, 0.3) is 0 Å². The van der Waals surface area contributed by atoms with E-state index >= 15 is 0 Å². The molecule has 8 nitrogen and oxygen atoms in total. The standard InChI is InChI=1S/C23H36N4O4/c1-5-26(6-2)14-15-31-23(30)18-8-10-20(11-9-18)24-22(29)19-16-21(28)27(17-19)13-7-12-25(3)4/h8-11,19H,5-7,12-17H2,1-4H3,(H,24,29). The van der Waals surface area contributed by atoms with Crippen LogP contribution >= 0.6 is 0 Å². The zero-order valence-electron chi connectivity index (χ0n) is 19.2. The number of anilines is 1. The fraction of sp³-hybridized carbons (Fsp3) is 0.609. The van der Waals surface area contributed by atoms with Crippen LogP contribution in [0.2, 0.25) is 0 Å². The fourth-order valence-electron chi connectivity index (χ4n) is 3.57. The molecule has 2 amide bonds. The van der Waals surface area contributed by atoms with Crippen LogP contribution in [0, 0.1) is 5.92 Å². The molecular weight excluding hydrogens is 396 g/mol. The number of likely N-dealkylation sites (N-methyl/N-ethyl adjacent to an activating group) is 1. The molecule has 0 spiro atoms. The fourth-order valence-corrected chi connectivity index (χ4v) is 3.57. The molecule has 1 atom stereocenters. The number of rotatable bonds is 12. The molecule has 0 aromatic heterocycles. The molecule has 0 bridgehead atoms. The van der Waals surface area contributed by atoms with E-state index in [1.165, 1.54) is 0 Å². The highest BCUT2D eigenvalue weighted by Gasteiger charge is 2.33. The second-order valence-electron chi connectivity index (χ2n) is 8.13. The highest BCUT2D eigenvalue weighted by atomic mass is 16.5. The number of nitrogens with one attached hydrogen (secondary N) is 1. The minimum Gasteiger partial charge on any atom is -0.461 e. The first-order valence-electron chi connectivity index (χ1n) is 11.1. The molecule has 8 heteroatoms. The van der Waals surface area contributed by atoms with Crippen LogP contribution in [-0.2, 0) is 14.3 Å². The molecule has 1 heterocycles. The molecule has 1 aliphatic heterocycles. The Labute approximate surface area is 185 Å². The molecule has 1 aromatic carbocycles. The maximum atomic E-state index is 12.6. The average molecular weight is 433 g/mol. The molecule has 31 heavy (non-hydrogen) atoms. The molecular formula is C23H36N4O4. The number of nitrogens with zero attached hydrogens (tertiary/aromatic N) is 3. The summed E-state index contributed by atoms with van der Waals surface area (Å²) in [6.45, 7) is 9.07. The van der Waals surface area contributed by atoms with E-state index in [-0.39, 0.29) is 30.1 Å². The number of amides is 2. The number of esters is 1. The molecule has 172 valence electrons. The van der Waals surface area contributed by atoms with Crippen LogP contribution in [0.4, 0.5) is 5.69 Å². The van der Waals surface area contributed by atoms with Gasteiger partial charge in [0.15, 0.2) is 0 Å². The zero-order chi connectivity index (χ0) is 22.8. The van der Waals surface area contributed by atoms with E-state index in [4.69, 9.17) is 4.74 Å². The molecule has 0 aliphatic carbocycles. The van der Waals surface area contributed by atoms with Gasteiger partial charge in [-0.15, -0.1) is 0 Å². The first-order valence-corrected chi connectivity index (χ1v) is 11.1. The van der Waals surface area contributed by atoms with Gasteiger partial charge in [0.1, 0.15) is 6.61 Å². The van der Waals surface area contributed by atoms with E-state index in [0.717, 1.165) is 26.1 Å². The maximum Gasteiger partial charge on any atom is 0.338 e. The van der Waals surface area contributed by atoms with Gasteiger partial charge in [-0.05, 0) is 64.4 Å². The van der Waals surface area contributed by atoms with E-state index in [0.29, 0.717) is 37.5 Å². The van der Waals surface area contributed by atoms with Gasteiger partial charge in [0.05, 0.1) is 11.5 Å². The predicted octanol–water partition coefficient (Wildman–Crippen LogP) is 1.92. The van der Waals surface area contributed by atoms with Gasteiger partial charge in [0.2, 0.25) is 11.8 Å². The maximum absolute atomic E-state index is 12.6. The lowest BCUT2D eigenvalue weighted by atomic mass is 10.1. The molecule has 0 radical (unpaired) electrons. The van der Waals surface area contributed by atoms with Crippen molar-refractivity contribution < 1.29 is 19.1 Å². The quantitative estimate of drug-likeness (QED) is 0.508. The second-order valence-corrected chi connectivity index (χ2v) is 8.13. The summed E-state index contributed by atoms with van der Waals surface area (Å²) in [5.74, 6) is -0.865. The third-order valence-electron chi connectivity index (χ3n) is 5.54. The van der Waals surface area contributed by atoms with Gasteiger partial charge in [-0.3, -0.25) is 9.59 Å². The van der Waals surface area contributed by atoms with E-state index in [1.54, 1.807) is 29.2 Å². The molecule has 1 fully saturated rings.